The van der Waals surface area contributed by atoms with Crippen LogP contribution in [0.2, 0.25) is 0 Å². The second kappa shape index (κ2) is 7.07. The standard InChI is InChI=1S/C13H16Br2O2/c1-4-10-8-11(17-6-5-12(14)15)7-9(2)13(10)16-3/h5,7-8H,4,6H2,1-3H3. The highest BCUT2D eigenvalue weighted by molar-refractivity contribution is 9.28. The molecule has 0 unspecified atom stereocenters. The molecule has 0 atom stereocenters. The van der Waals surface area contributed by atoms with Crippen LogP contribution in [0.5, 0.6) is 11.5 Å². The first-order valence-electron chi connectivity index (χ1n) is 5.40. The molecule has 0 aromatic heterocycles. The maximum absolute atomic E-state index is 5.65. The third-order valence-electron chi connectivity index (χ3n) is 2.40. The van der Waals surface area contributed by atoms with Crippen molar-refractivity contribution in [2.75, 3.05) is 13.7 Å². The van der Waals surface area contributed by atoms with Crippen LogP contribution in [0.3, 0.4) is 0 Å². The lowest BCUT2D eigenvalue weighted by Crippen LogP contribution is -1.98. The van der Waals surface area contributed by atoms with E-state index in [0.717, 1.165) is 26.9 Å². The van der Waals surface area contributed by atoms with Gasteiger partial charge in [-0.15, -0.1) is 0 Å². The Balaban J connectivity index is 2.88. The highest BCUT2D eigenvalue weighted by Gasteiger charge is 2.07. The van der Waals surface area contributed by atoms with Gasteiger partial charge in [0.15, 0.2) is 0 Å². The topological polar surface area (TPSA) is 18.5 Å². The van der Waals surface area contributed by atoms with E-state index < -0.39 is 0 Å². The molecule has 17 heavy (non-hydrogen) atoms. The van der Waals surface area contributed by atoms with Crippen molar-refractivity contribution in [3.63, 3.8) is 0 Å². The van der Waals surface area contributed by atoms with Gasteiger partial charge in [0.25, 0.3) is 0 Å². The summed E-state index contributed by atoms with van der Waals surface area (Å²) in [6.45, 7) is 4.66. The first kappa shape index (κ1) is 14.6. The Labute approximate surface area is 119 Å². The SMILES string of the molecule is CCc1cc(OCC=C(Br)Br)cc(C)c1OC. The zero-order valence-electron chi connectivity index (χ0n) is 10.2. The molecule has 1 aromatic carbocycles. The normalized spacial score (nSPS) is 9.94. The lowest BCUT2D eigenvalue weighted by atomic mass is 10.1. The summed E-state index contributed by atoms with van der Waals surface area (Å²) in [5.41, 5.74) is 2.27. The predicted molar refractivity (Wildman–Crippen MR) is 78.5 cm³/mol. The molecular weight excluding hydrogens is 348 g/mol. The maximum Gasteiger partial charge on any atom is 0.125 e. The summed E-state index contributed by atoms with van der Waals surface area (Å²) in [4.78, 5) is 0. The third kappa shape index (κ3) is 4.36. The number of aryl methyl sites for hydroxylation is 2. The van der Waals surface area contributed by atoms with Crippen LogP contribution in [-0.4, -0.2) is 13.7 Å². The number of hydrogen-bond acceptors (Lipinski definition) is 2. The number of rotatable bonds is 5. The van der Waals surface area contributed by atoms with Crippen molar-refractivity contribution < 1.29 is 9.47 Å². The van der Waals surface area contributed by atoms with Crippen LogP contribution in [0, 0.1) is 6.92 Å². The van der Waals surface area contributed by atoms with E-state index in [9.17, 15) is 0 Å². The smallest absolute Gasteiger partial charge is 0.125 e. The monoisotopic (exact) mass is 362 g/mol. The van der Waals surface area contributed by atoms with Gasteiger partial charge in [-0.3, -0.25) is 0 Å². The number of methoxy groups -OCH3 is 1. The first-order chi connectivity index (χ1) is 8.08. The summed E-state index contributed by atoms with van der Waals surface area (Å²) in [5, 5.41) is 0. The van der Waals surface area contributed by atoms with Gasteiger partial charge in [-0.05, 0) is 74.5 Å². The molecule has 0 aliphatic rings. The summed E-state index contributed by atoms with van der Waals surface area (Å²) in [6, 6.07) is 4.02. The predicted octanol–water partition coefficient (Wildman–Crippen LogP) is 4.58. The summed E-state index contributed by atoms with van der Waals surface area (Å²) in [7, 11) is 1.70. The van der Waals surface area contributed by atoms with Gasteiger partial charge in [0.2, 0.25) is 0 Å². The van der Waals surface area contributed by atoms with Crippen molar-refractivity contribution in [1.82, 2.24) is 0 Å². The zero-order chi connectivity index (χ0) is 12.8. The van der Waals surface area contributed by atoms with E-state index in [1.807, 2.05) is 25.1 Å². The minimum absolute atomic E-state index is 0.529. The molecule has 94 valence electrons. The summed E-state index contributed by atoms with van der Waals surface area (Å²) < 4.78 is 11.9. The van der Waals surface area contributed by atoms with Crippen LogP contribution < -0.4 is 9.47 Å². The van der Waals surface area contributed by atoms with E-state index in [4.69, 9.17) is 9.47 Å². The van der Waals surface area contributed by atoms with Crippen molar-refractivity contribution in [3.05, 3.63) is 32.7 Å². The van der Waals surface area contributed by atoms with Crippen LogP contribution in [0.25, 0.3) is 0 Å². The van der Waals surface area contributed by atoms with Gasteiger partial charge in [-0.2, -0.15) is 0 Å². The Morgan fingerprint density at radius 3 is 2.59 bits per heavy atom. The number of ether oxygens (including phenoxy) is 2. The molecule has 0 saturated heterocycles. The lowest BCUT2D eigenvalue weighted by Gasteiger charge is -2.13. The largest absolute Gasteiger partial charge is 0.496 e. The molecule has 1 aromatic rings. The Morgan fingerprint density at radius 2 is 2.06 bits per heavy atom. The van der Waals surface area contributed by atoms with Crippen molar-refractivity contribution in [2.24, 2.45) is 0 Å². The van der Waals surface area contributed by atoms with E-state index in [0.29, 0.717) is 6.61 Å². The number of hydrogen-bond donors (Lipinski definition) is 0. The van der Waals surface area contributed by atoms with Gasteiger partial charge in [0.05, 0.1) is 10.5 Å². The highest BCUT2D eigenvalue weighted by atomic mass is 79.9. The molecule has 0 aliphatic carbocycles. The second-order valence-corrected chi connectivity index (χ2v) is 6.36. The van der Waals surface area contributed by atoms with Crippen LogP contribution in [0.4, 0.5) is 0 Å². The van der Waals surface area contributed by atoms with Crippen molar-refractivity contribution in [1.29, 1.82) is 0 Å². The number of benzene rings is 1. The fraction of sp³-hybridized carbons (Fsp3) is 0.385. The average Bonchev–Trinajstić information content (AvgIpc) is 2.27. The molecule has 0 saturated carbocycles. The Bertz CT molecular complexity index is 410. The van der Waals surface area contributed by atoms with E-state index in [1.165, 1.54) is 5.56 Å². The molecule has 0 heterocycles. The number of halogens is 2. The van der Waals surface area contributed by atoms with Crippen LogP contribution in [0.15, 0.2) is 21.6 Å². The van der Waals surface area contributed by atoms with Gasteiger partial charge in [-0.1, -0.05) is 6.92 Å². The summed E-state index contributed by atoms with van der Waals surface area (Å²) >= 11 is 6.58. The van der Waals surface area contributed by atoms with E-state index >= 15 is 0 Å². The third-order valence-corrected chi connectivity index (χ3v) is 3.05. The van der Waals surface area contributed by atoms with E-state index in [2.05, 4.69) is 38.8 Å². The van der Waals surface area contributed by atoms with Crippen LogP contribution in [0.1, 0.15) is 18.1 Å². The van der Waals surface area contributed by atoms with Crippen molar-refractivity contribution in [3.8, 4) is 11.5 Å². The zero-order valence-corrected chi connectivity index (χ0v) is 13.4. The van der Waals surface area contributed by atoms with Gasteiger partial charge in [0.1, 0.15) is 18.1 Å². The molecule has 0 aliphatic heterocycles. The molecule has 0 bridgehead atoms. The van der Waals surface area contributed by atoms with Crippen LogP contribution in [-0.2, 0) is 6.42 Å². The van der Waals surface area contributed by atoms with Gasteiger partial charge in [-0.25, -0.2) is 0 Å². The molecule has 0 radical (unpaired) electrons. The fourth-order valence-corrected chi connectivity index (χ4v) is 1.91. The van der Waals surface area contributed by atoms with Gasteiger partial charge < -0.3 is 9.47 Å². The Kier molecular flexibility index (Phi) is 6.06. The fourth-order valence-electron chi connectivity index (χ4n) is 1.65. The molecular formula is C13H16Br2O2. The second-order valence-electron chi connectivity index (χ2n) is 3.59. The molecule has 1 rings (SSSR count). The van der Waals surface area contributed by atoms with Gasteiger partial charge in [0, 0.05) is 0 Å². The van der Waals surface area contributed by atoms with E-state index in [1.54, 1.807) is 7.11 Å². The summed E-state index contributed by atoms with van der Waals surface area (Å²) in [6.07, 6.45) is 2.84. The van der Waals surface area contributed by atoms with E-state index in [-0.39, 0.29) is 0 Å². The Hall–Kier alpha value is -0.480. The minimum atomic E-state index is 0.529. The highest BCUT2D eigenvalue weighted by Crippen LogP contribution is 2.29. The molecule has 0 amide bonds. The lowest BCUT2D eigenvalue weighted by molar-refractivity contribution is 0.359. The minimum Gasteiger partial charge on any atom is -0.496 e. The Morgan fingerprint density at radius 1 is 1.35 bits per heavy atom. The summed E-state index contributed by atoms with van der Waals surface area (Å²) in [5.74, 6) is 1.83. The maximum atomic E-state index is 5.65. The molecule has 0 spiro atoms. The molecule has 0 N–H and O–H groups in total. The molecule has 2 nitrogen and oxygen atoms in total. The average molecular weight is 364 g/mol. The van der Waals surface area contributed by atoms with Gasteiger partial charge >= 0.3 is 0 Å². The van der Waals surface area contributed by atoms with Crippen molar-refractivity contribution >= 4 is 31.9 Å². The molecule has 0 fully saturated rings. The van der Waals surface area contributed by atoms with Crippen molar-refractivity contribution in [2.45, 2.75) is 20.3 Å². The first-order valence-corrected chi connectivity index (χ1v) is 6.98. The van der Waals surface area contributed by atoms with Crippen LogP contribution >= 0.6 is 31.9 Å². The molecule has 4 heteroatoms. The quantitative estimate of drug-likeness (QED) is 0.762.